The van der Waals surface area contributed by atoms with Gasteiger partial charge < -0.3 is 65.4 Å². The molecule has 0 aliphatic carbocycles. The van der Waals surface area contributed by atoms with Crippen LogP contribution in [0.1, 0.15) is 141 Å². The second kappa shape index (κ2) is 26.0. The van der Waals surface area contributed by atoms with Crippen LogP contribution >= 0.6 is 0 Å². The number of phenolic OH excluding ortho intramolecular Hbond substituents is 1. The predicted molar refractivity (Wildman–Crippen MR) is 302 cm³/mol. The Morgan fingerprint density at radius 1 is 0.732 bits per heavy atom. The Bertz CT molecular complexity index is 3040. The Morgan fingerprint density at radius 2 is 1.30 bits per heavy atom. The van der Waals surface area contributed by atoms with E-state index in [1.807, 2.05) is 24.3 Å². The van der Waals surface area contributed by atoms with Crippen molar-refractivity contribution >= 4 is 47.9 Å². The first-order valence-electron chi connectivity index (χ1n) is 26.8. The maximum atomic E-state index is 15.3. The van der Waals surface area contributed by atoms with Gasteiger partial charge in [-0.05, 0) is 136 Å². The highest BCUT2D eigenvalue weighted by molar-refractivity contribution is 6.00. The number of carbonyl (C=O) groups is 8. The Balaban J connectivity index is 1.66. The van der Waals surface area contributed by atoms with E-state index in [1.54, 1.807) is 76.2 Å². The lowest BCUT2D eigenvalue weighted by molar-refractivity contribution is -0.143. The summed E-state index contributed by atoms with van der Waals surface area (Å²) in [5, 5.41) is 35.5. The minimum absolute atomic E-state index is 0.00460. The summed E-state index contributed by atoms with van der Waals surface area (Å²) in [5.41, 5.74) is -0.453. The van der Waals surface area contributed by atoms with Crippen LogP contribution in [0.2, 0.25) is 0 Å². The summed E-state index contributed by atoms with van der Waals surface area (Å²) in [6, 6.07) is 8.15. The number of rotatable bonds is 14. The van der Waals surface area contributed by atoms with Crippen LogP contribution in [-0.4, -0.2) is 135 Å². The zero-order chi connectivity index (χ0) is 61.4. The number of aliphatic carboxylic acids is 1. The molecule has 0 fully saturated rings. The number of hydrogen-bond acceptors (Lipinski definition) is 16. The number of ether oxygens (including phenoxy) is 5. The molecule has 0 spiro atoms. The van der Waals surface area contributed by atoms with Gasteiger partial charge in [0.05, 0.1) is 23.5 Å². The zero-order valence-electron chi connectivity index (χ0n) is 49.6. The van der Waals surface area contributed by atoms with E-state index in [4.69, 9.17) is 23.7 Å². The fraction of sp³-hybridized carbons (Fsp3) is 0.492. The number of aromatic hydroxyl groups is 1. The molecule has 4 aromatic rings. The SMILES string of the molecule is Cc1nc(-c2ccc(C(C)(C)C)cc2)nc(C)c1C(=O)N[C@@H](CCNC(=O)OC(C)(C)C)C(=O)N(C)[C@@H]1C(=O)N[C@@H](C)C(=O)N[C@H](C(=O)O)Cc2cc(OCCNC(=O)OC(C)(C)C)c(O)c(c2)-c2cc1ccc2OC(=O)OC(C)(C)C. The van der Waals surface area contributed by atoms with Gasteiger partial charge in [-0.15, -0.1) is 0 Å². The van der Waals surface area contributed by atoms with E-state index < -0.39 is 101 Å². The van der Waals surface area contributed by atoms with E-state index >= 15 is 4.79 Å². The van der Waals surface area contributed by atoms with E-state index in [2.05, 4.69) is 57.3 Å². The predicted octanol–water partition coefficient (Wildman–Crippen LogP) is 7.49. The lowest BCUT2D eigenvalue weighted by atomic mass is 9.86. The Kier molecular flexibility index (Phi) is 20.4. The molecule has 444 valence electrons. The standard InChI is InChI=1S/C59H78N8O15/c1-31-44(32(2)63-47(62-31)35-17-20-37(21-18-35)56(4,5)6)49(70)65-40(23-24-60-53(75)80-57(7,8)9)51(72)67(16)45-36-19-22-42(79-55(77)82-59(13,14)15)38(30-36)39-27-34(28-41(52(73)74)66-48(69)33(3)64-50(45)71)29-43(46(39)68)78-26-25-61-54(76)81-58(10,11)12/h17-22,27,29-30,33,40-41,45,68H,23-26,28H2,1-16H3,(H,60,75)(H,61,76)(H,64,71)(H,65,70)(H,66,69)(H,73,74)/t33-,40-,41-,45-/m0/s1. The fourth-order valence-electron chi connectivity index (χ4n) is 8.53. The van der Waals surface area contributed by atoms with E-state index in [0.29, 0.717) is 11.4 Å². The van der Waals surface area contributed by atoms with Crippen molar-refractivity contribution in [2.45, 2.75) is 163 Å². The summed E-state index contributed by atoms with van der Waals surface area (Å²) in [7, 11) is 1.26. The monoisotopic (exact) mass is 1140 g/mol. The number of likely N-dealkylation sites (N-methyl/N-ethyl adjacent to an activating group) is 1. The van der Waals surface area contributed by atoms with Gasteiger partial charge in [-0.2, -0.15) is 0 Å². The number of phenols is 1. The molecule has 0 radical (unpaired) electrons. The molecule has 0 saturated carbocycles. The molecule has 1 aromatic heterocycles. The molecule has 23 nitrogen and oxygen atoms in total. The third-order valence-electron chi connectivity index (χ3n) is 12.4. The summed E-state index contributed by atoms with van der Waals surface area (Å²) in [6.07, 6.45) is -3.39. The Hall–Kier alpha value is -8.50. The number of hydrogen-bond donors (Lipinski definition) is 7. The molecular formula is C59H78N8O15. The van der Waals surface area contributed by atoms with Gasteiger partial charge in [0.2, 0.25) is 17.7 Å². The first-order chi connectivity index (χ1) is 37.9. The number of nitrogens with zero attached hydrogens (tertiary/aromatic N) is 3. The van der Waals surface area contributed by atoms with Gasteiger partial charge in [0.1, 0.15) is 53.3 Å². The molecule has 7 N–H and O–H groups in total. The van der Waals surface area contributed by atoms with Crippen molar-refractivity contribution < 1.29 is 72.3 Å². The van der Waals surface area contributed by atoms with Gasteiger partial charge in [0.15, 0.2) is 17.3 Å². The molecular weight excluding hydrogens is 1060 g/mol. The van der Waals surface area contributed by atoms with Gasteiger partial charge in [-0.3, -0.25) is 19.2 Å². The van der Waals surface area contributed by atoms with Crippen molar-refractivity contribution in [3.8, 4) is 39.8 Å². The van der Waals surface area contributed by atoms with Gasteiger partial charge in [0, 0.05) is 36.7 Å². The van der Waals surface area contributed by atoms with Gasteiger partial charge >= 0.3 is 24.3 Å². The molecule has 1 aliphatic rings. The van der Waals surface area contributed by atoms with Crippen molar-refractivity contribution in [3.63, 3.8) is 0 Å². The average molecular weight is 1140 g/mol. The Labute approximate surface area is 477 Å². The minimum atomic E-state index is -1.72. The molecule has 1 aliphatic heterocycles. The molecule has 6 amide bonds. The number of carboxylic acids is 1. The number of alkyl carbamates (subject to hydrolysis) is 2. The fourth-order valence-corrected chi connectivity index (χ4v) is 8.53. The molecule has 3 aromatic carbocycles. The average Bonchev–Trinajstić information content (AvgIpc) is 3.39. The first kappa shape index (κ1) is 64.3. The maximum Gasteiger partial charge on any atom is 0.514 e. The topological polar surface area (TPSA) is 312 Å². The molecule has 2 heterocycles. The smallest absolute Gasteiger partial charge is 0.504 e. The highest BCUT2D eigenvalue weighted by atomic mass is 16.7. The number of aryl methyl sites for hydroxylation is 2. The molecule has 5 rings (SSSR count). The summed E-state index contributed by atoms with van der Waals surface area (Å²) in [6.45, 7) is 25.1. The summed E-state index contributed by atoms with van der Waals surface area (Å²) in [4.78, 5) is 120. The number of carbonyl (C=O) groups excluding carboxylic acids is 7. The summed E-state index contributed by atoms with van der Waals surface area (Å²) in [5.74, 6) is -5.69. The molecule has 0 unspecified atom stereocenters. The van der Waals surface area contributed by atoms with E-state index in [0.717, 1.165) is 10.5 Å². The van der Waals surface area contributed by atoms with Gasteiger partial charge in [-0.1, -0.05) is 51.1 Å². The number of nitrogens with one attached hydrogen (secondary N) is 5. The first-order valence-corrected chi connectivity index (χ1v) is 26.8. The minimum Gasteiger partial charge on any atom is -0.504 e. The third kappa shape index (κ3) is 18.0. The number of fused-ring (bicyclic) bond motifs is 5. The second-order valence-corrected chi connectivity index (χ2v) is 23.9. The highest BCUT2D eigenvalue weighted by Crippen LogP contribution is 2.44. The van der Waals surface area contributed by atoms with Crippen molar-refractivity contribution in [3.05, 3.63) is 88.2 Å². The second-order valence-electron chi connectivity index (χ2n) is 23.9. The lowest BCUT2D eigenvalue weighted by Crippen LogP contribution is -2.55. The van der Waals surface area contributed by atoms with E-state index in [1.165, 1.54) is 44.3 Å². The quantitative estimate of drug-likeness (QED) is 0.0278. The third-order valence-corrected chi connectivity index (χ3v) is 12.4. The summed E-state index contributed by atoms with van der Waals surface area (Å²) < 4.78 is 27.9. The van der Waals surface area contributed by atoms with Crippen LogP contribution < -0.4 is 36.1 Å². The van der Waals surface area contributed by atoms with Crippen molar-refractivity contribution in [1.82, 2.24) is 41.5 Å². The van der Waals surface area contributed by atoms with Crippen molar-refractivity contribution in [2.75, 3.05) is 26.7 Å². The lowest BCUT2D eigenvalue weighted by Gasteiger charge is -2.33. The van der Waals surface area contributed by atoms with Crippen LogP contribution in [-0.2, 0) is 45.2 Å². The maximum absolute atomic E-state index is 15.3. The molecule has 82 heavy (non-hydrogen) atoms. The van der Waals surface area contributed by atoms with Crippen LogP contribution in [0.5, 0.6) is 17.2 Å². The number of benzene rings is 3. The van der Waals surface area contributed by atoms with Crippen molar-refractivity contribution in [1.29, 1.82) is 0 Å². The zero-order valence-corrected chi connectivity index (χ0v) is 49.6. The molecule has 4 bridgehead atoms. The number of amides is 6. The van der Waals surface area contributed by atoms with Crippen LogP contribution in [0, 0.1) is 13.8 Å². The highest BCUT2D eigenvalue weighted by Gasteiger charge is 2.37. The molecule has 4 atom stereocenters. The van der Waals surface area contributed by atoms with Crippen LogP contribution in [0.4, 0.5) is 14.4 Å². The molecule has 23 heteroatoms. The van der Waals surface area contributed by atoms with Crippen LogP contribution in [0.25, 0.3) is 22.5 Å². The van der Waals surface area contributed by atoms with Gasteiger partial charge in [0.25, 0.3) is 5.91 Å². The largest absolute Gasteiger partial charge is 0.514 e. The van der Waals surface area contributed by atoms with Crippen molar-refractivity contribution in [2.24, 2.45) is 0 Å². The van der Waals surface area contributed by atoms with Crippen LogP contribution in [0.15, 0.2) is 54.6 Å². The van der Waals surface area contributed by atoms with E-state index in [9.17, 15) is 43.8 Å². The Morgan fingerprint density at radius 3 is 1.85 bits per heavy atom. The normalized spacial score (nSPS) is 16.2. The van der Waals surface area contributed by atoms with Crippen LogP contribution in [0.3, 0.4) is 0 Å². The molecule has 0 saturated heterocycles. The summed E-state index contributed by atoms with van der Waals surface area (Å²) >= 11 is 0. The van der Waals surface area contributed by atoms with Gasteiger partial charge in [-0.25, -0.2) is 29.1 Å². The number of aromatic nitrogens is 2. The number of carboxylic acid groups (broad SMARTS) is 1. The van der Waals surface area contributed by atoms with E-state index in [-0.39, 0.29) is 82.2 Å².